The molecule has 1 aromatic heterocycles. The first-order valence-corrected chi connectivity index (χ1v) is 9.82. The Morgan fingerprint density at radius 3 is 2.41 bits per heavy atom. The minimum atomic E-state index is 0.563. The molecule has 0 aliphatic rings. The topological polar surface area (TPSA) is 39.7 Å². The maximum atomic E-state index is 5.88. The van der Waals surface area contributed by atoms with Gasteiger partial charge in [0.15, 0.2) is 11.5 Å². The lowest BCUT2D eigenvalue weighted by Crippen LogP contribution is -2.16. The van der Waals surface area contributed by atoms with Crippen molar-refractivity contribution in [1.29, 1.82) is 0 Å². The standard InChI is InChI=1S/C22H25NO3S/c1-24-19-8-5-17(6-9-19)11-12-23-15-18-7-10-21(22(14-18)25-2)26-16-20-4-3-13-27-20/h3-10,13-14,23H,11-12,15-16H2,1-2H3. The highest BCUT2D eigenvalue weighted by Gasteiger charge is 2.07. The zero-order chi connectivity index (χ0) is 18.9. The summed E-state index contributed by atoms with van der Waals surface area (Å²) in [6, 6.07) is 18.4. The molecule has 3 rings (SSSR count). The molecule has 142 valence electrons. The second-order valence-electron chi connectivity index (χ2n) is 6.13. The molecule has 0 saturated heterocycles. The lowest BCUT2D eigenvalue weighted by Gasteiger charge is -2.12. The highest BCUT2D eigenvalue weighted by atomic mass is 32.1. The van der Waals surface area contributed by atoms with Gasteiger partial charge in [0.05, 0.1) is 14.2 Å². The Morgan fingerprint density at radius 2 is 1.70 bits per heavy atom. The molecule has 0 aliphatic carbocycles. The smallest absolute Gasteiger partial charge is 0.161 e. The molecule has 0 amide bonds. The number of ether oxygens (including phenoxy) is 3. The lowest BCUT2D eigenvalue weighted by molar-refractivity contribution is 0.287. The van der Waals surface area contributed by atoms with E-state index in [1.807, 2.05) is 30.3 Å². The quantitative estimate of drug-likeness (QED) is 0.516. The summed E-state index contributed by atoms with van der Waals surface area (Å²) in [4.78, 5) is 1.20. The predicted octanol–water partition coefficient (Wildman–Crippen LogP) is 4.68. The number of hydrogen-bond donors (Lipinski definition) is 1. The Hall–Kier alpha value is -2.50. The largest absolute Gasteiger partial charge is 0.497 e. The SMILES string of the molecule is COc1ccc(CCNCc2ccc(OCc3cccs3)c(OC)c2)cc1. The molecule has 2 aromatic carbocycles. The van der Waals surface area contributed by atoms with Crippen LogP contribution in [0.2, 0.25) is 0 Å². The molecule has 1 N–H and O–H groups in total. The number of thiophene rings is 1. The van der Waals surface area contributed by atoms with Crippen molar-refractivity contribution in [3.05, 3.63) is 76.0 Å². The zero-order valence-corrected chi connectivity index (χ0v) is 16.6. The minimum absolute atomic E-state index is 0.563. The fraction of sp³-hybridized carbons (Fsp3) is 0.273. The first kappa shape index (κ1) is 19.3. The fourth-order valence-electron chi connectivity index (χ4n) is 2.74. The number of rotatable bonds is 10. The number of hydrogen-bond acceptors (Lipinski definition) is 5. The molecular formula is C22H25NO3S. The number of nitrogens with one attached hydrogen (secondary N) is 1. The Balaban J connectivity index is 1.47. The molecule has 0 spiro atoms. The maximum absolute atomic E-state index is 5.88. The summed E-state index contributed by atoms with van der Waals surface area (Å²) in [5.74, 6) is 2.43. The van der Waals surface area contributed by atoms with Gasteiger partial charge in [0.2, 0.25) is 0 Å². The van der Waals surface area contributed by atoms with Crippen molar-refractivity contribution in [2.75, 3.05) is 20.8 Å². The van der Waals surface area contributed by atoms with Gasteiger partial charge in [-0.1, -0.05) is 24.3 Å². The van der Waals surface area contributed by atoms with E-state index in [0.717, 1.165) is 36.8 Å². The highest BCUT2D eigenvalue weighted by Crippen LogP contribution is 2.29. The van der Waals surface area contributed by atoms with E-state index in [1.165, 1.54) is 16.0 Å². The van der Waals surface area contributed by atoms with E-state index in [4.69, 9.17) is 14.2 Å². The normalized spacial score (nSPS) is 10.6. The molecule has 27 heavy (non-hydrogen) atoms. The summed E-state index contributed by atoms with van der Waals surface area (Å²) in [7, 11) is 3.36. The molecule has 0 bridgehead atoms. The van der Waals surface area contributed by atoms with Crippen LogP contribution in [0.4, 0.5) is 0 Å². The first-order chi connectivity index (χ1) is 13.3. The maximum Gasteiger partial charge on any atom is 0.161 e. The molecule has 0 fully saturated rings. The van der Waals surface area contributed by atoms with Crippen LogP contribution in [0.1, 0.15) is 16.0 Å². The Kier molecular flexibility index (Phi) is 7.13. The van der Waals surface area contributed by atoms with Crippen molar-refractivity contribution in [2.24, 2.45) is 0 Å². The molecule has 0 radical (unpaired) electrons. The predicted molar refractivity (Wildman–Crippen MR) is 110 cm³/mol. The molecule has 0 saturated carbocycles. The van der Waals surface area contributed by atoms with E-state index in [0.29, 0.717) is 6.61 Å². The fourth-order valence-corrected chi connectivity index (χ4v) is 3.36. The molecule has 5 heteroatoms. The summed E-state index contributed by atoms with van der Waals surface area (Å²) in [5, 5.41) is 5.53. The summed E-state index contributed by atoms with van der Waals surface area (Å²) < 4.78 is 16.6. The van der Waals surface area contributed by atoms with E-state index in [9.17, 15) is 0 Å². The third-order valence-electron chi connectivity index (χ3n) is 4.26. The van der Waals surface area contributed by atoms with Crippen LogP contribution in [0.15, 0.2) is 60.0 Å². The molecule has 0 atom stereocenters. The third kappa shape index (κ3) is 5.74. The van der Waals surface area contributed by atoms with Crippen LogP contribution in [0.25, 0.3) is 0 Å². The van der Waals surface area contributed by atoms with Gasteiger partial charge in [0.1, 0.15) is 12.4 Å². The minimum Gasteiger partial charge on any atom is -0.497 e. The molecular weight excluding hydrogens is 358 g/mol. The van der Waals surface area contributed by atoms with Gasteiger partial charge in [-0.25, -0.2) is 0 Å². The third-order valence-corrected chi connectivity index (χ3v) is 5.11. The van der Waals surface area contributed by atoms with Crippen LogP contribution in [0.3, 0.4) is 0 Å². The monoisotopic (exact) mass is 383 g/mol. The van der Waals surface area contributed by atoms with Crippen LogP contribution >= 0.6 is 11.3 Å². The van der Waals surface area contributed by atoms with Crippen molar-refractivity contribution >= 4 is 11.3 Å². The van der Waals surface area contributed by atoms with Gasteiger partial charge in [-0.2, -0.15) is 0 Å². The van der Waals surface area contributed by atoms with Crippen LogP contribution < -0.4 is 19.5 Å². The molecule has 1 heterocycles. The van der Waals surface area contributed by atoms with Crippen LogP contribution in [-0.2, 0) is 19.6 Å². The highest BCUT2D eigenvalue weighted by molar-refractivity contribution is 7.09. The Labute approximate surface area is 164 Å². The van der Waals surface area contributed by atoms with Crippen molar-refractivity contribution < 1.29 is 14.2 Å². The van der Waals surface area contributed by atoms with Crippen LogP contribution in [0.5, 0.6) is 17.2 Å². The summed E-state index contributed by atoms with van der Waals surface area (Å²) >= 11 is 1.69. The van der Waals surface area contributed by atoms with E-state index < -0.39 is 0 Å². The van der Waals surface area contributed by atoms with Gasteiger partial charge in [-0.05, 0) is 59.8 Å². The van der Waals surface area contributed by atoms with E-state index >= 15 is 0 Å². The lowest BCUT2D eigenvalue weighted by atomic mass is 10.1. The van der Waals surface area contributed by atoms with Crippen molar-refractivity contribution in [1.82, 2.24) is 5.32 Å². The van der Waals surface area contributed by atoms with Gasteiger partial charge >= 0.3 is 0 Å². The van der Waals surface area contributed by atoms with Crippen molar-refractivity contribution in [3.8, 4) is 17.2 Å². The number of benzene rings is 2. The average Bonchev–Trinajstić information content (AvgIpc) is 3.24. The van der Waals surface area contributed by atoms with E-state index in [1.54, 1.807) is 25.6 Å². The summed E-state index contributed by atoms with van der Waals surface area (Å²) in [5.41, 5.74) is 2.46. The summed E-state index contributed by atoms with van der Waals surface area (Å²) in [6.07, 6.45) is 0.975. The zero-order valence-electron chi connectivity index (χ0n) is 15.7. The van der Waals surface area contributed by atoms with Crippen molar-refractivity contribution in [2.45, 2.75) is 19.6 Å². The second kappa shape index (κ2) is 10.00. The van der Waals surface area contributed by atoms with Crippen LogP contribution in [0, 0.1) is 0 Å². The van der Waals surface area contributed by atoms with Gasteiger partial charge in [-0.15, -0.1) is 11.3 Å². The van der Waals surface area contributed by atoms with E-state index in [2.05, 4.69) is 35.0 Å². The Morgan fingerprint density at radius 1 is 0.889 bits per heavy atom. The molecule has 0 aliphatic heterocycles. The van der Waals surface area contributed by atoms with Gasteiger partial charge in [-0.3, -0.25) is 0 Å². The Bertz CT molecular complexity index is 816. The van der Waals surface area contributed by atoms with E-state index in [-0.39, 0.29) is 0 Å². The van der Waals surface area contributed by atoms with Crippen LogP contribution in [-0.4, -0.2) is 20.8 Å². The molecule has 3 aromatic rings. The van der Waals surface area contributed by atoms with Gasteiger partial charge in [0.25, 0.3) is 0 Å². The molecule has 0 unspecified atom stereocenters. The second-order valence-corrected chi connectivity index (χ2v) is 7.16. The average molecular weight is 384 g/mol. The summed E-state index contributed by atoms with van der Waals surface area (Å²) in [6.45, 7) is 2.26. The van der Waals surface area contributed by atoms with Gasteiger partial charge in [0, 0.05) is 11.4 Å². The molecule has 4 nitrogen and oxygen atoms in total. The first-order valence-electron chi connectivity index (χ1n) is 8.94. The van der Waals surface area contributed by atoms with Crippen molar-refractivity contribution in [3.63, 3.8) is 0 Å². The van der Waals surface area contributed by atoms with Gasteiger partial charge < -0.3 is 19.5 Å². The number of methoxy groups -OCH3 is 2.